The van der Waals surface area contributed by atoms with Crippen LogP contribution in [0.3, 0.4) is 0 Å². The number of hydrogen-bond donors (Lipinski definition) is 0. The van der Waals surface area contributed by atoms with Crippen LogP contribution in [0.25, 0.3) is 22.2 Å². The molecule has 0 bridgehead atoms. The summed E-state index contributed by atoms with van der Waals surface area (Å²) >= 11 is 5.97. The summed E-state index contributed by atoms with van der Waals surface area (Å²) in [7, 11) is 1.55. The second kappa shape index (κ2) is 8.39. The molecule has 11 heteroatoms. The normalized spacial score (nSPS) is 20.5. The molecule has 4 heterocycles. The molecule has 6 rings (SSSR count). The molecule has 0 N–H and O–H groups in total. The minimum Gasteiger partial charge on any atom is -0.367 e. The zero-order valence-electron chi connectivity index (χ0n) is 19.2. The van der Waals surface area contributed by atoms with Gasteiger partial charge in [-0.15, -0.1) is 0 Å². The molecule has 0 radical (unpaired) electrons. The molecule has 2 fully saturated rings. The number of aromatic nitrogens is 6. The van der Waals surface area contributed by atoms with Gasteiger partial charge in [-0.3, -0.25) is 9.48 Å². The van der Waals surface area contributed by atoms with E-state index >= 15 is 0 Å². The van der Waals surface area contributed by atoms with Crippen molar-refractivity contribution in [3.8, 4) is 11.3 Å². The lowest BCUT2D eigenvalue weighted by Gasteiger charge is -2.36. The molecule has 1 aliphatic heterocycles. The van der Waals surface area contributed by atoms with E-state index in [1.807, 2.05) is 28.9 Å². The number of ether oxygens (including phenoxy) is 1. The van der Waals surface area contributed by atoms with Crippen molar-refractivity contribution in [1.82, 2.24) is 29.5 Å². The molecule has 2 unspecified atom stereocenters. The third-order valence-electron chi connectivity index (χ3n) is 6.43. The first-order valence-electron chi connectivity index (χ1n) is 11.5. The molecule has 0 spiro atoms. The summed E-state index contributed by atoms with van der Waals surface area (Å²) in [6.07, 6.45) is 7.31. The number of fused-ring (bicyclic) bond motifs is 1. The molecule has 9 nitrogen and oxygen atoms in total. The Labute approximate surface area is 205 Å². The fourth-order valence-corrected chi connectivity index (χ4v) is 4.64. The summed E-state index contributed by atoms with van der Waals surface area (Å²) in [6.45, 7) is 2.97. The highest BCUT2D eigenvalue weighted by Crippen LogP contribution is 2.36. The van der Waals surface area contributed by atoms with Gasteiger partial charge in [0.1, 0.15) is 17.4 Å². The van der Waals surface area contributed by atoms with Gasteiger partial charge in [0.25, 0.3) is 5.56 Å². The Hall–Kier alpha value is -3.37. The maximum absolute atomic E-state index is 14.9. The van der Waals surface area contributed by atoms with Gasteiger partial charge in [0.15, 0.2) is 0 Å². The van der Waals surface area contributed by atoms with Gasteiger partial charge in [-0.2, -0.15) is 10.2 Å². The van der Waals surface area contributed by atoms with E-state index in [-0.39, 0.29) is 33.9 Å². The van der Waals surface area contributed by atoms with Crippen LogP contribution in [0, 0.1) is 5.82 Å². The zero-order valence-corrected chi connectivity index (χ0v) is 20.0. The Morgan fingerprint density at radius 1 is 1.14 bits per heavy atom. The maximum atomic E-state index is 14.9. The van der Waals surface area contributed by atoms with Crippen molar-refractivity contribution in [3.63, 3.8) is 0 Å². The lowest BCUT2D eigenvalue weighted by atomic mass is 10.1. The van der Waals surface area contributed by atoms with E-state index in [9.17, 15) is 9.18 Å². The molecule has 1 aromatic carbocycles. The van der Waals surface area contributed by atoms with Gasteiger partial charge < -0.3 is 9.64 Å². The van der Waals surface area contributed by atoms with Crippen LogP contribution < -0.4 is 10.5 Å². The summed E-state index contributed by atoms with van der Waals surface area (Å²) in [5, 5.41) is 9.24. The van der Waals surface area contributed by atoms with E-state index < -0.39 is 5.82 Å². The quantitative estimate of drug-likeness (QED) is 0.426. The first kappa shape index (κ1) is 22.1. The van der Waals surface area contributed by atoms with Crippen molar-refractivity contribution in [3.05, 3.63) is 63.5 Å². The van der Waals surface area contributed by atoms with Crippen molar-refractivity contribution < 1.29 is 9.13 Å². The predicted octanol–water partition coefficient (Wildman–Crippen LogP) is 3.68. The molecule has 1 saturated carbocycles. The second-order valence-corrected chi connectivity index (χ2v) is 9.59. The number of hydrogen-bond acceptors (Lipinski definition) is 7. The van der Waals surface area contributed by atoms with Crippen molar-refractivity contribution in [1.29, 1.82) is 0 Å². The Morgan fingerprint density at radius 3 is 2.74 bits per heavy atom. The van der Waals surface area contributed by atoms with E-state index in [4.69, 9.17) is 21.3 Å². The summed E-state index contributed by atoms with van der Waals surface area (Å²) < 4.78 is 24.4. The summed E-state index contributed by atoms with van der Waals surface area (Å²) in [4.78, 5) is 24.3. The van der Waals surface area contributed by atoms with E-state index in [1.165, 1.54) is 16.9 Å². The summed E-state index contributed by atoms with van der Waals surface area (Å²) in [5.41, 5.74) is 1.29. The highest BCUT2D eigenvalue weighted by atomic mass is 35.5. The zero-order chi connectivity index (χ0) is 24.3. The Morgan fingerprint density at radius 2 is 1.97 bits per heavy atom. The number of nitrogens with zero attached hydrogens (tertiary/aromatic N) is 7. The fourth-order valence-electron chi connectivity index (χ4n) is 4.48. The molecule has 1 aliphatic carbocycles. The molecular weight excluding hydrogens is 473 g/mol. The lowest BCUT2D eigenvalue weighted by Crippen LogP contribution is -2.43. The Bertz CT molecular complexity index is 1500. The number of morpholine rings is 1. The number of halogens is 2. The molecule has 2 atom stereocenters. The molecule has 2 aliphatic rings. The molecule has 0 amide bonds. The van der Waals surface area contributed by atoms with Crippen LogP contribution in [0.4, 0.5) is 10.3 Å². The number of aryl methyl sites for hydroxylation is 1. The van der Waals surface area contributed by atoms with Gasteiger partial charge in [0.05, 0.1) is 42.2 Å². The average molecular weight is 496 g/mol. The molecule has 35 heavy (non-hydrogen) atoms. The van der Waals surface area contributed by atoms with Crippen molar-refractivity contribution >= 4 is 28.5 Å². The molecular formula is C24H23ClFN7O2. The van der Waals surface area contributed by atoms with Crippen LogP contribution in [0.15, 0.2) is 41.6 Å². The highest BCUT2D eigenvalue weighted by Gasteiger charge is 2.31. The van der Waals surface area contributed by atoms with E-state index in [1.54, 1.807) is 19.2 Å². The second-order valence-electron chi connectivity index (χ2n) is 9.16. The maximum Gasteiger partial charge on any atom is 0.293 e. The predicted molar refractivity (Wildman–Crippen MR) is 129 cm³/mol. The van der Waals surface area contributed by atoms with Gasteiger partial charge in [-0.1, -0.05) is 11.6 Å². The minimum atomic E-state index is -0.537. The Kier molecular flexibility index (Phi) is 5.30. The largest absolute Gasteiger partial charge is 0.367 e. The van der Waals surface area contributed by atoms with Crippen LogP contribution in [-0.4, -0.2) is 48.7 Å². The lowest BCUT2D eigenvalue weighted by molar-refractivity contribution is -0.0178. The van der Waals surface area contributed by atoms with Crippen molar-refractivity contribution in [2.45, 2.75) is 38.0 Å². The Balaban J connectivity index is 1.45. The van der Waals surface area contributed by atoms with E-state index in [2.05, 4.69) is 15.2 Å². The standard InChI is InChI=1S/C24H23ClFN7O2/c1-13-10-32(12-20(35-13)14-8-28-33(11-14)16-4-5-16)24-29-21(17-6-3-15(25)7-19(17)26)18-9-27-31(2)23(34)22(18)30-24/h3,6-9,11,13,16,20H,4-5,10,12H2,1-2H3. The fraction of sp³-hybridized carbons (Fsp3) is 0.375. The van der Waals surface area contributed by atoms with Crippen molar-refractivity contribution in [2.24, 2.45) is 7.05 Å². The number of rotatable bonds is 4. The van der Waals surface area contributed by atoms with Gasteiger partial charge in [-0.05, 0) is 38.0 Å². The average Bonchev–Trinajstić information content (AvgIpc) is 3.57. The van der Waals surface area contributed by atoms with Crippen LogP contribution in [0.1, 0.15) is 37.5 Å². The van der Waals surface area contributed by atoms with Gasteiger partial charge >= 0.3 is 0 Å². The third-order valence-corrected chi connectivity index (χ3v) is 6.67. The number of benzene rings is 1. The monoisotopic (exact) mass is 495 g/mol. The SMILES string of the molecule is CC1CN(c2nc(-c3ccc(Cl)cc3F)c3cnn(C)c(=O)c3n2)CC(c2cnn(C3CC3)c2)O1. The first-order valence-corrected chi connectivity index (χ1v) is 11.9. The molecule has 3 aromatic heterocycles. The minimum absolute atomic E-state index is 0.117. The summed E-state index contributed by atoms with van der Waals surface area (Å²) in [6, 6.07) is 4.85. The van der Waals surface area contributed by atoms with Crippen molar-refractivity contribution in [2.75, 3.05) is 18.0 Å². The van der Waals surface area contributed by atoms with E-state index in [0.717, 1.165) is 18.4 Å². The molecule has 4 aromatic rings. The highest BCUT2D eigenvalue weighted by molar-refractivity contribution is 6.30. The summed E-state index contributed by atoms with van der Waals surface area (Å²) in [5.74, 6) is -0.204. The number of anilines is 1. The van der Waals surface area contributed by atoms with Crippen LogP contribution in [-0.2, 0) is 11.8 Å². The topological polar surface area (TPSA) is 91.0 Å². The van der Waals surface area contributed by atoms with E-state index in [0.29, 0.717) is 36.2 Å². The molecule has 1 saturated heterocycles. The van der Waals surface area contributed by atoms with Gasteiger partial charge in [-0.25, -0.2) is 19.0 Å². The van der Waals surface area contributed by atoms with Gasteiger partial charge in [0.2, 0.25) is 5.95 Å². The van der Waals surface area contributed by atoms with Crippen LogP contribution in [0.2, 0.25) is 5.02 Å². The van der Waals surface area contributed by atoms with Crippen LogP contribution in [0.5, 0.6) is 0 Å². The van der Waals surface area contributed by atoms with Gasteiger partial charge in [0, 0.05) is 35.9 Å². The molecule has 180 valence electrons. The first-order chi connectivity index (χ1) is 16.9. The smallest absolute Gasteiger partial charge is 0.293 e. The van der Waals surface area contributed by atoms with Crippen LogP contribution >= 0.6 is 11.6 Å². The third kappa shape index (κ3) is 4.06.